The minimum Gasteiger partial charge on any atom is -0.507 e. The molecule has 0 aliphatic heterocycles. The fourth-order valence-corrected chi connectivity index (χ4v) is 8.04. The highest BCUT2D eigenvalue weighted by Gasteiger charge is 2.67. The van der Waals surface area contributed by atoms with Crippen molar-refractivity contribution in [3.63, 3.8) is 0 Å². The van der Waals surface area contributed by atoms with E-state index in [1.54, 1.807) is 32.2 Å². The predicted molar refractivity (Wildman–Crippen MR) is 178 cm³/mol. The molecule has 0 bridgehead atoms. The van der Waals surface area contributed by atoms with E-state index in [2.05, 4.69) is 17.4 Å². The zero-order chi connectivity index (χ0) is 34.5. The summed E-state index contributed by atoms with van der Waals surface area (Å²) in [5.41, 5.74) is 6.81. The lowest BCUT2D eigenvalue weighted by Crippen LogP contribution is -2.73. The summed E-state index contributed by atoms with van der Waals surface area (Å²) < 4.78 is 5.73. The van der Waals surface area contributed by atoms with Gasteiger partial charge in [0.25, 0.3) is 0 Å². The van der Waals surface area contributed by atoms with Gasteiger partial charge in [-0.2, -0.15) is 0 Å². The minimum atomic E-state index is -2.70. The van der Waals surface area contributed by atoms with E-state index in [1.165, 1.54) is 11.6 Å². The van der Waals surface area contributed by atoms with Gasteiger partial charge < -0.3 is 41.1 Å². The maximum Gasteiger partial charge on any atom is 0.230 e. The van der Waals surface area contributed by atoms with Gasteiger partial charge in [-0.05, 0) is 86.3 Å². The Kier molecular flexibility index (Phi) is 8.90. The molecule has 48 heavy (non-hydrogen) atoms. The van der Waals surface area contributed by atoms with Gasteiger partial charge in [-0.1, -0.05) is 42.5 Å². The summed E-state index contributed by atoms with van der Waals surface area (Å²) in [5, 5.41) is 49.2. The quantitative estimate of drug-likeness (QED) is 0.148. The molecule has 0 aromatic heterocycles. The highest BCUT2D eigenvalue weighted by Crippen LogP contribution is 2.53. The number of nitrogens with one attached hydrogen (secondary N) is 1. The van der Waals surface area contributed by atoms with E-state index in [-0.39, 0.29) is 29.7 Å². The average molecular weight is 656 g/mol. The Bertz CT molecular complexity index is 1810. The second-order valence-corrected chi connectivity index (χ2v) is 13.2. The number of nitrogens with two attached hydrogens (primary N) is 1. The zero-order valence-corrected chi connectivity index (χ0v) is 27.1. The fraction of sp³-hybridized carbons (Fsp3) is 0.378. The summed E-state index contributed by atoms with van der Waals surface area (Å²) in [4.78, 5) is 41.6. The fourth-order valence-electron chi connectivity index (χ4n) is 8.04. The van der Waals surface area contributed by atoms with Crippen LogP contribution in [0.3, 0.4) is 0 Å². The molecule has 2 fully saturated rings. The number of hydrogen-bond acceptors (Lipinski definition) is 10. The van der Waals surface area contributed by atoms with Crippen molar-refractivity contribution in [2.24, 2.45) is 23.5 Å². The Hall–Kier alpha value is -4.55. The number of benzene rings is 3. The molecule has 11 nitrogen and oxygen atoms in total. The number of phenols is 1. The molecule has 11 heteroatoms. The lowest BCUT2D eigenvalue weighted by Gasteiger charge is -2.53. The topological polar surface area (TPSA) is 183 Å². The van der Waals surface area contributed by atoms with Gasteiger partial charge in [0.2, 0.25) is 11.7 Å². The van der Waals surface area contributed by atoms with Crippen molar-refractivity contribution in [2.45, 2.75) is 43.6 Å². The number of ketones is 2. The molecule has 3 aromatic rings. The van der Waals surface area contributed by atoms with Gasteiger partial charge in [-0.15, -0.1) is 0 Å². The van der Waals surface area contributed by atoms with Crippen LogP contribution in [0, 0.1) is 17.8 Å². The van der Waals surface area contributed by atoms with Gasteiger partial charge in [0, 0.05) is 29.6 Å². The minimum absolute atomic E-state index is 0.0292. The maximum absolute atomic E-state index is 14.2. The third-order valence-electron chi connectivity index (χ3n) is 10.3. The SMILES string of the molecule is COc1ccc(CNCCc2ccccc2)cc1-c1ccc(O)c2c1C[C@@H]1C[C@@H]3[C@@H](N(C)C)C(O)C(C(N)=O)C(=O)[C@]3(O)C(=O)C1=C2O. The largest absolute Gasteiger partial charge is 0.507 e. The standard InChI is InChI=1S/C37H41N3O8/c1-40(2)31-25-17-21-16-24-22(23-15-20(9-12-27(23)48-3)18-39-14-13-19-7-5-4-6-8-19)10-11-26(41)29(24)32(42)28(21)34(44)37(25,47)35(45)30(33(31)43)36(38)46/h4-12,15,21,25,30-31,33,39,41-43,47H,13-14,16-18H2,1-3H3,(H2,38,46)/t21-,25-,30?,31-,33?,37-/m1/s1. The first-order valence-corrected chi connectivity index (χ1v) is 16.1. The highest BCUT2D eigenvalue weighted by atomic mass is 16.5. The van der Waals surface area contributed by atoms with E-state index in [9.17, 15) is 34.8 Å². The van der Waals surface area contributed by atoms with Gasteiger partial charge in [0.05, 0.1) is 18.8 Å². The number of primary amides is 1. The molecule has 0 radical (unpaired) electrons. The van der Waals surface area contributed by atoms with E-state index in [0.717, 1.165) is 24.1 Å². The number of ether oxygens (including phenoxy) is 1. The van der Waals surface area contributed by atoms with Crippen molar-refractivity contribution in [3.8, 4) is 22.6 Å². The molecule has 2 unspecified atom stereocenters. The molecule has 2 saturated carbocycles. The summed E-state index contributed by atoms with van der Waals surface area (Å²) >= 11 is 0. The van der Waals surface area contributed by atoms with Gasteiger partial charge in [-0.3, -0.25) is 14.4 Å². The molecule has 0 heterocycles. The molecule has 3 aliphatic carbocycles. The predicted octanol–water partition coefficient (Wildman–Crippen LogP) is 2.14. The van der Waals surface area contributed by atoms with Crippen molar-refractivity contribution < 1.29 is 39.5 Å². The van der Waals surface area contributed by atoms with Crippen LogP contribution in [0.4, 0.5) is 0 Å². The number of amides is 1. The first-order valence-electron chi connectivity index (χ1n) is 16.1. The number of fused-ring (bicyclic) bond motifs is 3. The smallest absolute Gasteiger partial charge is 0.230 e. The summed E-state index contributed by atoms with van der Waals surface area (Å²) in [5.74, 6) is -7.20. The average Bonchev–Trinajstić information content (AvgIpc) is 3.05. The molecule has 6 rings (SSSR count). The number of likely N-dealkylation sites (N-methyl/N-ethyl adjacent to an activating group) is 1. The van der Waals surface area contributed by atoms with Crippen LogP contribution in [-0.4, -0.2) is 88.3 Å². The number of Topliss-reactive ketones (excluding diaryl/α,β-unsaturated/α-hetero) is 2. The number of aliphatic hydroxyl groups excluding tert-OH is 2. The molecule has 0 saturated heterocycles. The number of aromatic hydroxyl groups is 1. The van der Waals surface area contributed by atoms with Crippen LogP contribution in [0.2, 0.25) is 0 Å². The van der Waals surface area contributed by atoms with Crippen molar-refractivity contribution in [2.75, 3.05) is 27.7 Å². The van der Waals surface area contributed by atoms with Crippen molar-refractivity contribution in [1.82, 2.24) is 10.2 Å². The van der Waals surface area contributed by atoms with Crippen LogP contribution in [-0.2, 0) is 33.8 Å². The van der Waals surface area contributed by atoms with Crippen molar-refractivity contribution >= 4 is 23.2 Å². The third kappa shape index (κ3) is 5.36. The van der Waals surface area contributed by atoms with Crippen LogP contribution >= 0.6 is 0 Å². The number of aliphatic hydroxyl groups is 3. The molecular formula is C37H41N3O8. The second-order valence-electron chi connectivity index (χ2n) is 13.2. The third-order valence-corrected chi connectivity index (χ3v) is 10.3. The van der Waals surface area contributed by atoms with E-state index >= 15 is 0 Å². The number of rotatable bonds is 9. The summed E-state index contributed by atoms with van der Waals surface area (Å²) in [6.07, 6.45) is -0.454. The Morgan fingerprint density at radius 1 is 1.04 bits per heavy atom. The zero-order valence-electron chi connectivity index (χ0n) is 27.1. The molecule has 0 spiro atoms. The lowest BCUT2D eigenvalue weighted by molar-refractivity contribution is -0.184. The Balaban J connectivity index is 1.39. The maximum atomic E-state index is 14.2. The number of phenolic OH excluding ortho intramolecular Hbond substituents is 1. The lowest BCUT2D eigenvalue weighted by atomic mass is 9.54. The first kappa shape index (κ1) is 33.4. The number of methoxy groups -OCH3 is 1. The van der Waals surface area contributed by atoms with E-state index in [1.807, 2.05) is 36.4 Å². The van der Waals surface area contributed by atoms with E-state index in [0.29, 0.717) is 23.4 Å². The molecule has 1 amide bonds. The Morgan fingerprint density at radius 2 is 1.77 bits per heavy atom. The molecule has 3 aromatic carbocycles. The van der Waals surface area contributed by atoms with Gasteiger partial charge in [-0.25, -0.2) is 0 Å². The Morgan fingerprint density at radius 3 is 2.44 bits per heavy atom. The monoisotopic (exact) mass is 655 g/mol. The molecule has 3 aliphatic rings. The van der Waals surface area contributed by atoms with Gasteiger partial charge >= 0.3 is 0 Å². The summed E-state index contributed by atoms with van der Waals surface area (Å²) in [6.45, 7) is 1.36. The molecular weight excluding hydrogens is 614 g/mol. The molecule has 6 atom stereocenters. The van der Waals surface area contributed by atoms with E-state index < -0.39 is 58.7 Å². The first-order chi connectivity index (χ1) is 22.9. The molecule has 252 valence electrons. The van der Waals surface area contributed by atoms with Crippen molar-refractivity contribution in [3.05, 3.63) is 88.5 Å². The van der Waals surface area contributed by atoms with Crippen LogP contribution in [0.5, 0.6) is 11.5 Å². The number of nitrogens with zero attached hydrogens (tertiary/aromatic N) is 1. The van der Waals surface area contributed by atoms with Crippen LogP contribution in [0.25, 0.3) is 16.9 Å². The van der Waals surface area contributed by atoms with E-state index in [4.69, 9.17) is 10.5 Å². The van der Waals surface area contributed by atoms with Crippen LogP contribution < -0.4 is 15.8 Å². The number of carbonyl (C=O) groups excluding carboxylic acids is 3. The van der Waals surface area contributed by atoms with Gasteiger partial charge in [0.15, 0.2) is 11.4 Å². The summed E-state index contributed by atoms with van der Waals surface area (Å²) in [7, 11) is 4.81. The van der Waals surface area contributed by atoms with Crippen molar-refractivity contribution in [1.29, 1.82) is 0 Å². The number of carbonyl (C=O) groups is 3. The summed E-state index contributed by atoms with van der Waals surface area (Å²) in [6, 6.07) is 18.2. The second kappa shape index (κ2) is 12.8. The normalized spacial score (nSPS) is 26.6. The Labute approximate surface area is 278 Å². The van der Waals surface area contributed by atoms with Gasteiger partial charge in [0.1, 0.15) is 23.2 Å². The van der Waals surface area contributed by atoms with Crippen LogP contribution in [0.15, 0.2) is 66.2 Å². The number of hydrogen-bond donors (Lipinski definition) is 6. The molecule has 7 N–H and O–H groups in total. The van der Waals surface area contributed by atoms with Crippen LogP contribution in [0.1, 0.15) is 28.7 Å². The highest BCUT2D eigenvalue weighted by molar-refractivity contribution is 6.25.